The summed E-state index contributed by atoms with van der Waals surface area (Å²) in [7, 11) is 0. The number of benzene rings is 2. The van der Waals surface area contributed by atoms with Gasteiger partial charge in [0.1, 0.15) is 5.69 Å². The Kier molecular flexibility index (Phi) is 6.82. The summed E-state index contributed by atoms with van der Waals surface area (Å²) in [5.74, 6) is -0.663. The third-order valence-electron chi connectivity index (χ3n) is 5.60. The fraction of sp³-hybridized carbons (Fsp3) is 0.391. The highest BCUT2D eigenvalue weighted by Crippen LogP contribution is 2.31. The number of nitro benzene ring substituents is 1. The Labute approximate surface area is 175 Å². The van der Waals surface area contributed by atoms with E-state index in [0.717, 1.165) is 37.9 Å². The van der Waals surface area contributed by atoms with Crippen molar-refractivity contribution in [1.29, 1.82) is 0 Å². The first kappa shape index (κ1) is 21.5. The average molecular weight is 410 g/mol. The molecule has 0 amide bonds. The van der Waals surface area contributed by atoms with Crippen LogP contribution in [0.1, 0.15) is 65.3 Å². The Morgan fingerprint density at radius 2 is 1.73 bits per heavy atom. The van der Waals surface area contributed by atoms with E-state index in [1.165, 1.54) is 12.1 Å². The van der Waals surface area contributed by atoms with Gasteiger partial charge in [0.05, 0.1) is 10.5 Å². The van der Waals surface area contributed by atoms with Gasteiger partial charge < -0.3 is 9.64 Å². The highest BCUT2D eigenvalue weighted by atomic mass is 16.6. The molecule has 2 aromatic carbocycles. The van der Waals surface area contributed by atoms with Gasteiger partial charge in [-0.05, 0) is 42.9 Å². The van der Waals surface area contributed by atoms with Crippen molar-refractivity contribution in [3.8, 4) is 0 Å². The van der Waals surface area contributed by atoms with Crippen molar-refractivity contribution < 1.29 is 19.2 Å². The Bertz CT molecular complexity index is 933. The van der Waals surface area contributed by atoms with E-state index < -0.39 is 17.5 Å². The Morgan fingerprint density at radius 3 is 2.33 bits per heavy atom. The van der Waals surface area contributed by atoms with Gasteiger partial charge >= 0.3 is 5.97 Å². The zero-order valence-corrected chi connectivity index (χ0v) is 17.3. The van der Waals surface area contributed by atoms with Crippen LogP contribution in [0.25, 0.3) is 0 Å². The summed E-state index contributed by atoms with van der Waals surface area (Å²) in [6.45, 7) is 5.32. The molecular formula is C23H26N2O5. The molecule has 1 fully saturated rings. The Balaban J connectivity index is 1.66. The number of carbonyl (C=O) groups is 2. The van der Waals surface area contributed by atoms with Crippen LogP contribution in [-0.4, -0.2) is 36.4 Å². The quantitative estimate of drug-likeness (QED) is 0.270. The number of carbonyl (C=O) groups excluding carboxylic acids is 2. The minimum absolute atomic E-state index is 0.0598. The molecule has 0 saturated carbocycles. The molecule has 7 heteroatoms. The van der Waals surface area contributed by atoms with Crippen LogP contribution in [0.15, 0.2) is 42.5 Å². The van der Waals surface area contributed by atoms with Crippen LogP contribution in [-0.2, 0) is 4.74 Å². The van der Waals surface area contributed by atoms with Crippen LogP contribution in [0.2, 0.25) is 0 Å². The minimum Gasteiger partial charge on any atom is -0.454 e. The normalized spacial score (nSPS) is 14.4. The fourth-order valence-electron chi connectivity index (χ4n) is 3.55. The van der Waals surface area contributed by atoms with Gasteiger partial charge in [0.25, 0.3) is 5.69 Å². The molecule has 0 N–H and O–H groups in total. The van der Waals surface area contributed by atoms with Gasteiger partial charge in [-0.1, -0.05) is 38.1 Å². The molecule has 1 saturated heterocycles. The minimum atomic E-state index is -0.754. The number of nitrogens with zero attached hydrogens (tertiary/aromatic N) is 2. The second-order valence-corrected chi connectivity index (χ2v) is 7.59. The molecule has 1 aliphatic heterocycles. The molecule has 7 nitrogen and oxygen atoms in total. The second-order valence-electron chi connectivity index (χ2n) is 7.59. The molecule has 0 unspecified atom stereocenters. The van der Waals surface area contributed by atoms with E-state index in [1.54, 1.807) is 18.2 Å². The number of anilines is 1. The molecule has 0 bridgehead atoms. The molecule has 0 aromatic heterocycles. The third-order valence-corrected chi connectivity index (χ3v) is 5.60. The molecule has 1 aliphatic rings. The molecule has 0 radical (unpaired) electrons. The van der Waals surface area contributed by atoms with E-state index in [-0.39, 0.29) is 17.0 Å². The lowest BCUT2D eigenvalue weighted by atomic mass is 9.97. The molecule has 0 aliphatic carbocycles. The van der Waals surface area contributed by atoms with Gasteiger partial charge in [0, 0.05) is 24.7 Å². The van der Waals surface area contributed by atoms with Gasteiger partial charge in [0.15, 0.2) is 12.4 Å². The number of rotatable bonds is 8. The fourth-order valence-corrected chi connectivity index (χ4v) is 3.55. The predicted molar refractivity (Wildman–Crippen MR) is 114 cm³/mol. The number of hydrogen-bond acceptors (Lipinski definition) is 6. The monoisotopic (exact) mass is 410 g/mol. The smallest absolute Gasteiger partial charge is 0.338 e. The first-order valence-corrected chi connectivity index (χ1v) is 10.2. The van der Waals surface area contributed by atoms with Gasteiger partial charge in [-0.15, -0.1) is 0 Å². The van der Waals surface area contributed by atoms with Crippen molar-refractivity contribution in [2.45, 2.75) is 39.0 Å². The van der Waals surface area contributed by atoms with Crippen LogP contribution in [0, 0.1) is 10.1 Å². The van der Waals surface area contributed by atoms with Crippen LogP contribution in [0.4, 0.5) is 11.4 Å². The molecule has 1 heterocycles. The standard InChI is InChI=1S/C23H26N2O5/c1-3-16(2)17-6-8-18(9-7-17)22(26)15-30-23(27)19-10-11-20(21(14-19)25(28)29)24-12-4-5-13-24/h6-11,14,16H,3-5,12-13,15H2,1-2H3/t16-/m0/s1. The SMILES string of the molecule is CC[C@H](C)c1ccc(C(=O)COC(=O)c2ccc(N3CCCC3)c([N+](=O)[O-])c2)cc1. The summed E-state index contributed by atoms with van der Waals surface area (Å²) in [6, 6.07) is 11.6. The van der Waals surface area contributed by atoms with E-state index in [9.17, 15) is 19.7 Å². The predicted octanol–water partition coefficient (Wildman–Crippen LogP) is 4.75. The van der Waals surface area contributed by atoms with E-state index in [1.807, 2.05) is 17.0 Å². The van der Waals surface area contributed by atoms with Crippen molar-refractivity contribution >= 4 is 23.1 Å². The van der Waals surface area contributed by atoms with Crippen LogP contribution >= 0.6 is 0 Å². The third kappa shape index (κ3) is 4.84. The highest BCUT2D eigenvalue weighted by Gasteiger charge is 2.24. The molecule has 1 atom stereocenters. The topological polar surface area (TPSA) is 89.8 Å². The summed E-state index contributed by atoms with van der Waals surface area (Å²) in [5.41, 5.74) is 2.05. The summed E-state index contributed by atoms with van der Waals surface area (Å²) >= 11 is 0. The lowest BCUT2D eigenvalue weighted by Gasteiger charge is -2.17. The Morgan fingerprint density at radius 1 is 1.10 bits per heavy atom. The van der Waals surface area contributed by atoms with Gasteiger partial charge in [-0.2, -0.15) is 0 Å². The van der Waals surface area contributed by atoms with Crippen LogP contribution < -0.4 is 4.90 Å². The molecular weight excluding hydrogens is 384 g/mol. The molecule has 0 spiro atoms. The van der Waals surface area contributed by atoms with Gasteiger partial charge in [-0.25, -0.2) is 4.79 Å². The molecule has 158 valence electrons. The molecule has 2 aromatic rings. The number of esters is 1. The van der Waals surface area contributed by atoms with Crippen LogP contribution in [0.3, 0.4) is 0 Å². The lowest BCUT2D eigenvalue weighted by Crippen LogP contribution is -2.19. The zero-order valence-electron chi connectivity index (χ0n) is 17.3. The Hall–Kier alpha value is -3.22. The van der Waals surface area contributed by atoms with Crippen molar-refractivity contribution in [3.63, 3.8) is 0 Å². The maximum Gasteiger partial charge on any atom is 0.338 e. The molecule has 30 heavy (non-hydrogen) atoms. The number of ketones is 1. The largest absolute Gasteiger partial charge is 0.454 e. The van der Waals surface area contributed by atoms with Gasteiger partial charge in [0.2, 0.25) is 0 Å². The number of hydrogen-bond donors (Lipinski definition) is 0. The first-order valence-electron chi connectivity index (χ1n) is 10.2. The van der Waals surface area contributed by atoms with E-state index >= 15 is 0 Å². The summed E-state index contributed by atoms with van der Waals surface area (Å²) in [4.78, 5) is 37.6. The summed E-state index contributed by atoms with van der Waals surface area (Å²) < 4.78 is 5.12. The zero-order chi connectivity index (χ0) is 21.7. The average Bonchev–Trinajstić information content (AvgIpc) is 3.31. The van der Waals surface area contributed by atoms with Crippen molar-refractivity contribution in [3.05, 3.63) is 69.3 Å². The molecule has 3 rings (SSSR count). The van der Waals surface area contributed by atoms with E-state index in [0.29, 0.717) is 17.2 Å². The maximum atomic E-state index is 12.4. The number of Topliss-reactive ketones (excluding diaryl/α,β-unsaturated/α-hetero) is 1. The van der Waals surface area contributed by atoms with Crippen LogP contribution in [0.5, 0.6) is 0 Å². The van der Waals surface area contributed by atoms with E-state index in [2.05, 4.69) is 13.8 Å². The highest BCUT2D eigenvalue weighted by molar-refractivity contribution is 5.99. The first-order chi connectivity index (χ1) is 14.4. The summed E-state index contributed by atoms with van der Waals surface area (Å²) in [6.07, 6.45) is 2.98. The number of nitro groups is 1. The second kappa shape index (κ2) is 9.52. The maximum absolute atomic E-state index is 12.4. The van der Waals surface area contributed by atoms with Gasteiger partial charge in [-0.3, -0.25) is 14.9 Å². The van der Waals surface area contributed by atoms with E-state index in [4.69, 9.17) is 4.74 Å². The lowest BCUT2D eigenvalue weighted by molar-refractivity contribution is -0.384. The summed E-state index contributed by atoms with van der Waals surface area (Å²) in [5, 5.41) is 11.5. The van der Waals surface area contributed by atoms with Crippen molar-refractivity contribution in [2.75, 3.05) is 24.6 Å². The number of ether oxygens (including phenoxy) is 1. The van der Waals surface area contributed by atoms with Crippen molar-refractivity contribution in [1.82, 2.24) is 0 Å². The van der Waals surface area contributed by atoms with Crippen molar-refractivity contribution in [2.24, 2.45) is 0 Å².